The minimum absolute atomic E-state index is 0.148. The number of rotatable bonds is 5. The number of hydrogen-bond donors (Lipinski definition) is 1. The minimum atomic E-state index is -0.148. The number of nitrogen functional groups attached to an aromatic ring is 1. The normalized spacial score (nSPS) is 16.5. The van der Waals surface area contributed by atoms with Crippen LogP contribution in [0.1, 0.15) is 19.3 Å². The average molecular weight is 289 g/mol. The van der Waals surface area contributed by atoms with Crippen LogP contribution in [0, 0.1) is 0 Å². The molecule has 1 aromatic carbocycles. The fourth-order valence-electron chi connectivity index (χ4n) is 2.67. The smallest absolute Gasteiger partial charge is 0.185 e. The van der Waals surface area contributed by atoms with Gasteiger partial charge in [0.05, 0.1) is 24.8 Å². The van der Waals surface area contributed by atoms with E-state index in [-0.39, 0.29) is 5.60 Å². The minimum Gasteiger partial charge on any atom is -0.496 e. The first-order valence-corrected chi connectivity index (χ1v) is 6.93. The summed E-state index contributed by atoms with van der Waals surface area (Å²) in [6, 6.07) is 5.45. The van der Waals surface area contributed by atoms with Gasteiger partial charge in [0, 0.05) is 18.9 Å². The summed E-state index contributed by atoms with van der Waals surface area (Å²) in [7, 11) is 3.35. The maximum atomic E-state index is 5.79. The molecule has 0 saturated heterocycles. The number of methoxy groups -OCH3 is 2. The molecule has 1 fully saturated rings. The molecule has 7 nitrogen and oxygen atoms in total. The third kappa shape index (κ3) is 2.44. The van der Waals surface area contributed by atoms with Crippen molar-refractivity contribution in [2.75, 3.05) is 20.0 Å². The van der Waals surface area contributed by atoms with E-state index in [0.29, 0.717) is 23.8 Å². The molecule has 0 aliphatic heterocycles. The Morgan fingerprint density at radius 3 is 2.76 bits per heavy atom. The lowest BCUT2D eigenvalue weighted by Crippen LogP contribution is -2.43. The zero-order valence-corrected chi connectivity index (χ0v) is 12.2. The van der Waals surface area contributed by atoms with E-state index in [1.54, 1.807) is 25.0 Å². The number of benzene rings is 1. The quantitative estimate of drug-likeness (QED) is 0.839. The van der Waals surface area contributed by atoms with Crippen molar-refractivity contribution in [3.63, 3.8) is 0 Å². The van der Waals surface area contributed by atoms with Gasteiger partial charge in [-0.3, -0.25) is 0 Å². The number of tetrazole rings is 1. The van der Waals surface area contributed by atoms with E-state index in [2.05, 4.69) is 15.5 Å². The maximum absolute atomic E-state index is 5.79. The molecule has 2 N–H and O–H groups in total. The fraction of sp³-hybridized carbons (Fsp3) is 0.500. The summed E-state index contributed by atoms with van der Waals surface area (Å²) in [5.74, 6) is 1.32. The van der Waals surface area contributed by atoms with Crippen LogP contribution in [0.25, 0.3) is 11.4 Å². The van der Waals surface area contributed by atoms with Crippen molar-refractivity contribution >= 4 is 5.69 Å². The summed E-state index contributed by atoms with van der Waals surface area (Å²) < 4.78 is 12.8. The van der Waals surface area contributed by atoms with Crippen LogP contribution in [0.2, 0.25) is 0 Å². The Labute approximate surface area is 123 Å². The molecule has 1 aliphatic carbocycles. The van der Waals surface area contributed by atoms with Gasteiger partial charge < -0.3 is 15.2 Å². The summed E-state index contributed by atoms with van der Waals surface area (Å²) >= 11 is 0. The van der Waals surface area contributed by atoms with Gasteiger partial charge in [-0.05, 0) is 41.8 Å². The van der Waals surface area contributed by atoms with E-state index < -0.39 is 0 Å². The third-order valence-corrected chi connectivity index (χ3v) is 4.13. The van der Waals surface area contributed by atoms with E-state index in [1.807, 2.05) is 12.1 Å². The lowest BCUT2D eigenvalue weighted by Gasteiger charge is -2.40. The van der Waals surface area contributed by atoms with E-state index in [4.69, 9.17) is 15.2 Å². The third-order valence-electron chi connectivity index (χ3n) is 4.13. The van der Waals surface area contributed by atoms with Crippen molar-refractivity contribution < 1.29 is 9.47 Å². The van der Waals surface area contributed by atoms with Gasteiger partial charge in [-0.2, -0.15) is 0 Å². The second-order valence-corrected chi connectivity index (χ2v) is 5.36. The molecular formula is C14H19N5O2. The number of nitrogens with two attached hydrogens (primary N) is 1. The zero-order chi connectivity index (χ0) is 14.9. The van der Waals surface area contributed by atoms with Gasteiger partial charge in [0.2, 0.25) is 0 Å². The first kappa shape index (κ1) is 13.8. The summed E-state index contributed by atoms with van der Waals surface area (Å²) in [5.41, 5.74) is 7.10. The van der Waals surface area contributed by atoms with Crippen molar-refractivity contribution in [3.05, 3.63) is 18.2 Å². The highest BCUT2D eigenvalue weighted by Crippen LogP contribution is 2.38. The fourth-order valence-corrected chi connectivity index (χ4v) is 2.67. The van der Waals surface area contributed by atoms with Crippen LogP contribution in [-0.2, 0) is 11.3 Å². The van der Waals surface area contributed by atoms with Crippen LogP contribution in [0.15, 0.2) is 18.2 Å². The van der Waals surface area contributed by atoms with Crippen molar-refractivity contribution in [2.24, 2.45) is 0 Å². The van der Waals surface area contributed by atoms with E-state index in [0.717, 1.165) is 18.4 Å². The Morgan fingerprint density at radius 1 is 1.33 bits per heavy atom. The number of aromatic nitrogens is 4. The molecule has 0 radical (unpaired) electrons. The van der Waals surface area contributed by atoms with Gasteiger partial charge in [0.25, 0.3) is 0 Å². The standard InChI is InChI=1S/C14H19N5O2/c1-20-12-8-10(15)4-5-11(12)13-16-17-18-19(13)9-14(21-2)6-3-7-14/h4-5,8H,3,6-7,9,15H2,1-2H3. The number of anilines is 1. The predicted molar refractivity (Wildman–Crippen MR) is 77.8 cm³/mol. The Kier molecular flexibility index (Phi) is 3.50. The largest absolute Gasteiger partial charge is 0.496 e. The summed E-state index contributed by atoms with van der Waals surface area (Å²) in [6.07, 6.45) is 3.24. The number of ether oxygens (including phenoxy) is 2. The van der Waals surface area contributed by atoms with Gasteiger partial charge in [0.15, 0.2) is 5.82 Å². The van der Waals surface area contributed by atoms with E-state index in [9.17, 15) is 0 Å². The monoisotopic (exact) mass is 289 g/mol. The van der Waals surface area contributed by atoms with Crippen LogP contribution in [0.4, 0.5) is 5.69 Å². The van der Waals surface area contributed by atoms with Crippen molar-refractivity contribution in [1.82, 2.24) is 20.2 Å². The van der Waals surface area contributed by atoms with Crippen molar-refractivity contribution in [2.45, 2.75) is 31.4 Å². The highest BCUT2D eigenvalue weighted by molar-refractivity contribution is 5.67. The number of nitrogens with zero attached hydrogens (tertiary/aromatic N) is 4. The maximum Gasteiger partial charge on any atom is 0.185 e. The van der Waals surface area contributed by atoms with E-state index >= 15 is 0 Å². The van der Waals surface area contributed by atoms with Crippen LogP contribution in [0.3, 0.4) is 0 Å². The summed E-state index contributed by atoms with van der Waals surface area (Å²) in [4.78, 5) is 0. The van der Waals surface area contributed by atoms with E-state index in [1.165, 1.54) is 6.42 Å². The second-order valence-electron chi connectivity index (χ2n) is 5.36. The van der Waals surface area contributed by atoms with Gasteiger partial charge in [0.1, 0.15) is 5.75 Å². The molecule has 21 heavy (non-hydrogen) atoms. The Balaban J connectivity index is 1.95. The Bertz CT molecular complexity index is 631. The highest BCUT2D eigenvalue weighted by Gasteiger charge is 2.38. The highest BCUT2D eigenvalue weighted by atomic mass is 16.5. The average Bonchev–Trinajstić information content (AvgIpc) is 2.90. The molecule has 0 unspecified atom stereocenters. The van der Waals surface area contributed by atoms with Gasteiger partial charge >= 0.3 is 0 Å². The first-order chi connectivity index (χ1) is 10.2. The van der Waals surface area contributed by atoms with Gasteiger partial charge in [-0.25, -0.2) is 4.68 Å². The molecule has 1 aliphatic rings. The SMILES string of the molecule is COc1cc(N)ccc1-c1nnnn1CC1(OC)CCC1. The zero-order valence-electron chi connectivity index (χ0n) is 12.2. The topological polar surface area (TPSA) is 88.1 Å². The number of hydrogen-bond acceptors (Lipinski definition) is 6. The van der Waals surface area contributed by atoms with Crippen LogP contribution in [-0.4, -0.2) is 40.0 Å². The molecule has 7 heteroatoms. The van der Waals surface area contributed by atoms with Gasteiger partial charge in [-0.15, -0.1) is 5.10 Å². The molecule has 1 aromatic heterocycles. The second kappa shape index (κ2) is 5.33. The van der Waals surface area contributed by atoms with Crippen molar-refractivity contribution in [3.8, 4) is 17.1 Å². The van der Waals surface area contributed by atoms with Gasteiger partial charge in [-0.1, -0.05) is 0 Å². The first-order valence-electron chi connectivity index (χ1n) is 6.93. The Hall–Kier alpha value is -2.15. The Morgan fingerprint density at radius 2 is 2.14 bits per heavy atom. The molecule has 0 bridgehead atoms. The summed E-state index contributed by atoms with van der Waals surface area (Å²) in [6.45, 7) is 0.638. The summed E-state index contributed by atoms with van der Waals surface area (Å²) in [5, 5.41) is 12.0. The molecule has 3 rings (SSSR count). The molecular weight excluding hydrogens is 270 g/mol. The lowest BCUT2D eigenvalue weighted by molar-refractivity contribution is -0.0855. The van der Waals surface area contributed by atoms with Crippen molar-refractivity contribution in [1.29, 1.82) is 0 Å². The molecule has 0 atom stereocenters. The molecule has 1 saturated carbocycles. The van der Waals surface area contributed by atoms with Crippen LogP contribution < -0.4 is 10.5 Å². The molecule has 0 spiro atoms. The van der Waals surface area contributed by atoms with Crippen LogP contribution in [0.5, 0.6) is 5.75 Å². The molecule has 1 heterocycles. The predicted octanol–water partition coefficient (Wildman–Crippen LogP) is 1.50. The molecule has 112 valence electrons. The lowest BCUT2D eigenvalue weighted by atomic mass is 9.80. The molecule has 2 aromatic rings. The van der Waals surface area contributed by atoms with Crippen LogP contribution >= 0.6 is 0 Å². The molecule has 0 amide bonds.